The Balaban J connectivity index is 2.08. The lowest BCUT2D eigenvalue weighted by Gasteiger charge is -2.14. The molecule has 0 aliphatic heterocycles. The molecule has 0 N–H and O–H groups in total. The minimum absolute atomic E-state index is 0.0431. The summed E-state index contributed by atoms with van der Waals surface area (Å²) in [5.41, 5.74) is 0.884. The molecule has 0 atom stereocenters. The normalized spacial score (nSPS) is 11.7. The largest absolute Gasteiger partial charge is 0.493 e. The van der Waals surface area contributed by atoms with E-state index >= 15 is 0 Å². The highest BCUT2D eigenvalue weighted by atomic mass is 19.4. The van der Waals surface area contributed by atoms with Crippen LogP contribution in [0.15, 0.2) is 42.5 Å². The monoisotopic (exact) mass is 367 g/mol. The molecule has 0 aliphatic rings. The minimum atomic E-state index is -4.36. The standard InChI is InChI=1S/C20H24F3NO2/c1-24(2)11-5-7-15-9-10-18(25-3)19(13-15)26-14-16-6-4-8-17(12-16)20(21,22)23/h4,6,8-10,12-13H,5,7,11,14H2,1-3H3. The second-order valence-electron chi connectivity index (χ2n) is 6.38. The van der Waals surface area contributed by atoms with E-state index in [1.165, 1.54) is 13.2 Å². The maximum Gasteiger partial charge on any atom is 0.416 e. The van der Waals surface area contributed by atoms with Crippen molar-refractivity contribution in [3.8, 4) is 11.5 Å². The number of hydrogen-bond donors (Lipinski definition) is 0. The second-order valence-corrected chi connectivity index (χ2v) is 6.38. The predicted octanol–water partition coefficient (Wildman–Crippen LogP) is 4.79. The Morgan fingerprint density at radius 3 is 2.38 bits per heavy atom. The van der Waals surface area contributed by atoms with Crippen molar-refractivity contribution in [1.82, 2.24) is 4.90 Å². The summed E-state index contributed by atoms with van der Waals surface area (Å²) >= 11 is 0. The third kappa shape index (κ3) is 5.95. The minimum Gasteiger partial charge on any atom is -0.493 e. The van der Waals surface area contributed by atoms with Crippen LogP contribution in [0.3, 0.4) is 0 Å². The van der Waals surface area contributed by atoms with Crippen LogP contribution in [-0.2, 0) is 19.2 Å². The smallest absolute Gasteiger partial charge is 0.416 e. The van der Waals surface area contributed by atoms with Gasteiger partial charge in [-0.1, -0.05) is 18.2 Å². The molecule has 0 bridgehead atoms. The summed E-state index contributed by atoms with van der Waals surface area (Å²) in [6.45, 7) is 1.02. The van der Waals surface area contributed by atoms with Crippen LogP contribution in [0.25, 0.3) is 0 Å². The molecule has 26 heavy (non-hydrogen) atoms. The Morgan fingerprint density at radius 1 is 0.962 bits per heavy atom. The summed E-state index contributed by atoms with van der Waals surface area (Å²) in [4.78, 5) is 2.12. The molecule has 0 heterocycles. The number of nitrogens with zero attached hydrogens (tertiary/aromatic N) is 1. The number of methoxy groups -OCH3 is 1. The zero-order valence-electron chi connectivity index (χ0n) is 15.3. The number of rotatable bonds is 8. The number of halogens is 3. The SMILES string of the molecule is COc1ccc(CCCN(C)C)cc1OCc1cccc(C(F)(F)F)c1. The maximum absolute atomic E-state index is 12.8. The van der Waals surface area contributed by atoms with Gasteiger partial charge in [0.05, 0.1) is 12.7 Å². The molecule has 0 saturated carbocycles. The van der Waals surface area contributed by atoms with E-state index in [0.717, 1.165) is 37.1 Å². The molecule has 0 amide bonds. The van der Waals surface area contributed by atoms with Crippen LogP contribution in [0, 0.1) is 0 Å². The van der Waals surface area contributed by atoms with Crippen LogP contribution < -0.4 is 9.47 Å². The third-order valence-electron chi connectivity index (χ3n) is 3.95. The summed E-state index contributed by atoms with van der Waals surface area (Å²) < 4.78 is 49.5. The van der Waals surface area contributed by atoms with E-state index in [9.17, 15) is 13.2 Å². The van der Waals surface area contributed by atoms with Gasteiger partial charge in [0.2, 0.25) is 0 Å². The van der Waals surface area contributed by atoms with E-state index in [1.54, 1.807) is 6.07 Å². The molecule has 0 spiro atoms. The Morgan fingerprint density at radius 2 is 1.73 bits per heavy atom. The van der Waals surface area contributed by atoms with E-state index in [-0.39, 0.29) is 6.61 Å². The second kappa shape index (κ2) is 8.94. The summed E-state index contributed by atoms with van der Waals surface area (Å²) in [7, 11) is 5.59. The molecule has 0 aromatic heterocycles. The Labute approximate surface area is 152 Å². The number of ether oxygens (including phenoxy) is 2. The first-order valence-corrected chi connectivity index (χ1v) is 8.40. The third-order valence-corrected chi connectivity index (χ3v) is 3.95. The predicted molar refractivity (Wildman–Crippen MR) is 95.6 cm³/mol. The molecule has 0 saturated heterocycles. The quantitative estimate of drug-likeness (QED) is 0.670. The van der Waals surface area contributed by atoms with Crippen molar-refractivity contribution < 1.29 is 22.6 Å². The van der Waals surface area contributed by atoms with Crippen molar-refractivity contribution in [2.75, 3.05) is 27.7 Å². The van der Waals surface area contributed by atoms with Crippen molar-refractivity contribution in [2.45, 2.75) is 25.6 Å². The van der Waals surface area contributed by atoms with E-state index < -0.39 is 11.7 Å². The first-order chi connectivity index (χ1) is 12.3. The fourth-order valence-corrected chi connectivity index (χ4v) is 2.59. The number of aryl methyl sites for hydroxylation is 1. The van der Waals surface area contributed by atoms with Gasteiger partial charge in [-0.3, -0.25) is 0 Å². The van der Waals surface area contributed by atoms with Crippen LogP contribution in [0.5, 0.6) is 11.5 Å². The first-order valence-electron chi connectivity index (χ1n) is 8.40. The van der Waals surface area contributed by atoms with Crippen molar-refractivity contribution in [3.63, 3.8) is 0 Å². The van der Waals surface area contributed by atoms with Crippen molar-refractivity contribution in [3.05, 3.63) is 59.2 Å². The molecule has 0 fully saturated rings. The lowest BCUT2D eigenvalue weighted by Crippen LogP contribution is -2.13. The van der Waals surface area contributed by atoms with Gasteiger partial charge >= 0.3 is 6.18 Å². The summed E-state index contributed by atoms with van der Waals surface area (Å²) in [5, 5.41) is 0. The van der Waals surface area contributed by atoms with Crippen molar-refractivity contribution in [1.29, 1.82) is 0 Å². The van der Waals surface area contributed by atoms with E-state index in [0.29, 0.717) is 17.1 Å². The average Bonchev–Trinajstić information content (AvgIpc) is 2.59. The molecule has 0 radical (unpaired) electrons. The fourth-order valence-electron chi connectivity index (χ4n) is 2.59. The number of hydrogen-bond acceptors (Lipinski definition) is 3. The Bertz CT molecular complexity index is 714. The van der Waals surface area contributed by atoms with Crippen LogP contribution in [0.1, 0.15) is 23.1 Å². The number of alkyl halides is 3. The first kappa shape index (κ1) is 20.1. The summed E-state index contributed by atoms with van der Waals surface area (Å²) in [6, 6.07) is 10.8. The molecule has 3 nitrogen and oxygen atoms in total. The maximum atomic E-state index is 12.8. The van der Waals surface area contributed by atoms with Crippen molar-refractivity contribution >= 4 is 0 Å². The molecular weight excluding hydrogens is 343 g/mol. The molecule has 2 aromatic carbocycles. The highest BCUT2D eigenvalue weighted by Gasteiger charge is 2.30. The van der Waals surface area contributed by atoms with Crippen LogP contribution in [0.4, 0.5) is 13.2 Å². The Kier molecular flexibility index (Phi) is 6.91. The molecule has 0 aliphatic carbocycles. The van der Waals surface area contributed by atoms with Crippen LogP contribution in [-0.4, -0.2) is 32.6 Å². The average molecular weight is 367 g/mol. The molecule has 2 rings (SSSR count). The zero-order chi connectivity index (χ0) is 19.2. The van der Waals surface area contributed by atoms with Crippen LogP contribution >= 0.6 is 0 Å². The topological polar surface area (TPSA) is 21.7 Å². The molecule has 142 valence electrons. The van der Waals surface area contributed by atoms with Gasteiger partial charge in [0.1, 0.15) is 6.61 Å². The highest BCUT2D eigenvalue weighted by Crippen LogP contribution is 2.31. The van der Waals surface area contributed by atoms with Gasteiger partial charge in [-0.05, 0) is 68.9 Å². The van der Waals surface area contributed by atoms with E-state index in [1.807, 2.05) is 32.3 Å². The van der Waals surface area contributed by atoms with Gasteiger partial charge in [0.25, 0.3) is 0 Å². The molecule has 0 unspecified atom stereocenters. The number of benzene rings is 2. The van der Waals surface area contributed by atoms with E-state index in [4.69, 9.17) is 9.47 Å². The van der Waals surface area contributed by atoms with Gasteiger partial charge in [-0.15, -0.1) is 0 Å². The van der Waals surface area contributed by atoms with Crippen LogP contribution in [0.2, 0.25) is 0 Å². The molecular formula is C20H24F3NO2. The van der Waals surface area contributed by atoms with Gasteiger partial charge in [0, 0.05) is 0 Å². The highest BCUT2D eigenvalue weighted by molar-refractivity contribution is 5.43. The van der Waals surface area contributed by atoms with Gasteiger partial charge in [0.15, 0.2) is 11.5 Å². The molecule has 6 heteroatoms. The van der Waals surface area contributed by atoms with Gasteiger partial charge < -0.3 is 14.4 Å². The lowest BCUT2D eigenvalue weighted by atomic mass is 10.1. The lowest BCUT2D eigenvalue weighted by molar-refractivity contribution is -0.137. The fraction of sp³-hybridized carbons (Fsp3) is 0.400. The van der Waals surface area contributed by atoms with Gasteiger partial charge in [-0.25, -0.2) is 0 Å². The van der Waals surface area contributed by atoms with Gasteiger partial charge in [-0.2, -0.15) is 13.2 Å². The zero-order valence-corrected chi connectivity index (χ0v) is 15.3. The molecule has 2 aromatic rings. The Hall–Kier alpha value is -2.21. The van der Waals surface area contributed by atoms with Crippen molar-refractivity contribution in [2.24, 2.45) is 0 Å². The summed E-state index contributed by atoms with van der Waals surface area (Å²) in [5.74, 6) is 1.10. The summed E-state index contributed by atoms with van der Waals surface area (Å²) in [6.07, 6.45) is -2.46. The van der Waals surface area contributed by atoms with E-state index in [2.05, 4.69) is 4.90 Å².